The molecule has 28 heavy (non-hydrogen) atoms. The number of nitrogens with one attached hydrogen (secondary N) is 2. The molecule has 1 amide bonds. The lowest BCUT2D eigenvalue weighted by Gasteiger charge is -2.29. The fourth-order valence-corrected chi connectivity index (χ4v) is 4.36. The quantitative estimate of drug-likeness (QED) is 0.698. The molecule has 6 heteroatoms. The van der Waals surface area contributed by atoms with Crippen LogP contribution >= 0.6 is 0 Å². The fraction of sp³-hybridized carbons (Fsp3) is 0.455. The van der Waals surface area contributed by atoms with Crippen LogP contribution in [0.1, 0.15) is 60.1 Å². The first-order valence-electron chi connectivity index (χ1n) is 10.1. The van der Waals surface area contributed by atoms with Gasteiger partial charge in [0.1, 0.15) is 5.75 Å². The van der Waals surface area contributed by atoms with Crippen LogP contribution in [0.4, 0.5) is 0 Å². The lowest BCUT2D eigenvalue weighted by atomic mass is 9.81. The highest BCUT2D eigenvalue weighted by molar-refractivity contribution is 5.95. The number of carbonyl (C=O) groups excluding carboxylic acids is 1. The topological polar surface area (TPSA) is 71.9 Å². The molecule has 4 rings (SSSR count). The standard InChI is InChI=1S/C22H28N4O2/c1-4-26-13-20(14(2)25-26)22(27)24-16-7-5-6-15(10-16)19-12-23-21-9-8-17(28-3)11-18(19)21/h8-9,11-13,15-16,23H,4-7,10H2,1-3H3,(H,24,27)/t15-,16+/m1/s1. The molecule has 148 valence electrons. The van der Waals surface area contributed by atoms with Crippen molar-refractivity contribution in [2.24, 2.45) is 0 Å². The molecule has 6 nitrogen and oxygen atoms in total. The average molecular weight is 380 g/mol. The Morgan fingerprint density at radius 3 is 3.00 bits per heavy atom. The van der Waals surface area contributed by atoms with Gasteiger partial charge in [0.05, 0.1) is 18.4 Å². The van der Waals surface area contributed by atoms with E-state index in [0.717, 1.165) is 49.2 Å². The number of aromatic nitrogens is 3. The number of carbonyl (C=O) groups is 1. The fourth-order valence-electron chi connectivity index (χ4n) is 4.36. The summed E-state index contributed by atoms with van der Waals surface area (Å²) in [6.07, 6.45) is 8.19. The molecule has 2 N–H and O–H groups in total. The molecule has 1 saturated carbocycles. The number of benzene rings is 1. The molecule has 1 aliphatic carbocycles. The van der Waals surface area contributed by atoms with Crippen molar-refractivity contribution in [3.05, 3.63) is 47.4 Å². The molecule has 3 aromatic rings. The van der Waals surface area contributed by atoms with Gasteiger partial charge in [-0.25, -0.2) is 0 Å². The van der Waals surface area contributed by atoms with Crippen LogP contribution in [0.25, 0.3) is 10.9 Å². The zero-order valence-electron chi connectivity index (χ0n) is 16.8. The summed E-state index contributed by atoms with van der Waals surface area (Å²) < 4.78 is 7.21. The number of hydrogen-bond donors (Lipinski definition) is 2. The maximum absolute atomic E-state index is 12.8. The van der Waals surface area contributed by atoms with Crippen molar-refractivity contribution in [2.45, 2.75) is 58.0 Å². The number of hydrogen-bond acceptors (Lipinski definition) is 3. The number of H-pyrrole nitrogens is 1. The van der Waals surface area contributed by atoms with Crippen molar-refractivity contribution < 1.29 is 9.53 Å². The molecule has 2 aromatic heterocycles. The van der Waals surface area contributed by atoms with Gasteiger partial charge >= 0.3 is 0 Å². The molecule has 1 aliphatic rings. The SMILES string of the molecule is CCn1cc(C(=O)N[C@H]2CCC[C@@H](c3c[nH]c4ccc(OC)cc34)C2)c(C)n1. The summed E-state index contributed by atoms with van der Waals surface area (Å²) in [5.74, 6) is 1.29. The van der Waals surface area contributed by atoms with Gasteiger partial charge in [0.15, 0.2) is 0 Å². The van der Waals surface area contributed by atoms with Crippen LogP contribution in [-0.2, 0) is 6.54 Å². The third kappa shape index (κ3) is 3.51. The highest BCUT2D eigenvalue weighted by Gasteiger charge is 2.27. The van der Waals surface area contributed by atoms with Crippen molar-refractivity contribution >= 4 is 16.8 Å². The minimum absolute atomic E-state index is 0.0107. The smallest absolute Gasteiger partial charge is 0.254 e. The Morgan fingerprint density at radius 2 is 2.25 bits per heavy atom. The van der Waals surface area contributed by atoms with Crippen LogP contribution in [0, 0.1) is 6.92 Å². The molecule has 1 fully saturated rings. The van der Waals surface area contributed by atoms with Crippen LogP contribution in [-0.4, -0.2) is 33.8 Å². The largest absolute Gasteiger partial charge is 0.497 e. The number of methoxy groups -OCH3 is 1. The molecular formula is C22H28N4O2. The molecule has 2 heterocycles. The Kier molecular flexibility index (Phi) is 5.11. The van der Waals surface area contributed by atoms with E-state index in [1.165, 1.54) is 10.9 Å². The number of fused-ring (bicyclic) bond motifs is 1. The van der Waals surface area contributed by atoms with Crippen molar-refractivity contribution in [3.8, 4) is 5.75 Å². The van der Waals surface area contributed by atoms with Crippen LogP contribution < -0.4 is 10.1 Å². The third-order valence-electron chi connectivity index (χ3n) is 5.89. The summed E-state index contributed by atoms with van der Waals surface area (Å²) in [5.41, 5.74) is 3.92. The van der Waals surface area contributed by atoms with Gasteiger partial charge < -0.3 is 15.0 Å². The van der Waals surface area contributed by atoms with Crippen molar-refractivity contribution in [3.63, 3.8) is 0 Å². The summed E-state index contributed by atoms with van der Waals surface area (Å²) in [6.45, 7) is 4.68. The predicted octanol–water partition coefficient (Wildman–Crippen LogP) is 4.16. The van der Waals surface area contributed by atoms with Gasteiger partial charge in [-0.1, -0.05) is 6.42 Å². The van der Waals surface area contributed by atoms with Crippen LogP contribution in [0.15, 0.2) is 30.6 Å². The van der Waals surface area contributed by atoms with Gasteiger partial charge in [0.25, 0.3) is 5.91 Å². The van der Waals surface area contributed by atoms with E-state index in [4.69, 9.17) is 4.74 Å². The predicted molar refractivity (Wildman–Crippen MR) is 110 cm³/mol. The lowest BCUT2D eigenvalue weighted by Crippen LogP contribution is -2.38. The summed E-state index contributed by atoms with van der Waals surface area (Å²) in [6, 6.07) is 6.33. The highest BCUT2D eigenvalue weighted by atomic mass is 16.5. The van der Waals surface area contributed by atoms with E-state index < -0.39 is 0 Å². The minimum atomic E-state index is -0.0107. The Labute approximate surface area is 165 Å². The first-order chi connectivity index (χ1) is 13.6. The van der Waals surface area contributed by atoms with E-state index >= 15 is 0 Å². The first-order valence-corrected chi connectivity index (χ1v) is 10.1. The minimum Gasteiger partial charge on any atom is -0.497 e. The zero-order valence-corrected chi connectivity index (χ0v) is 16.8. The molecule has 0 aliphatic heterocycles. The molecule has 0 bridgehead atoms. The van der Waals surface area contributed by atoms with E-state index in [2.05, 4.69) is 33.7 Å². The van der Waals surface area contributed by atoms with E-state index in [9.17, 15) is 4.79 Å². The number of nitrogens with zero attached hydrogens (tertiary/aromatic N) is 2. The number of amides is 1. The molecular weight excluding hydrogens is 352 g/mol. The zero-order chi connectivity index (χ0) is 19.7. The summed E-state index contributed by atoms with van der Waals surface area (Å²) in [7, 11) is 1.70. The first kappa shape index (κ1) is 18.6. The van der Waals surface area contributed by atoms with Gasteiger partial charge in [-0.2, -0.15) is 5.10 Å². The van der Waals surface area contributed by atoms with E-state index in [1.807, 2.05) is 30.8 Å². The Hall–Kier alpha value is -2.76. The van der Waals surface area contributed by atoms with Crippen molar-refractivity contribution in [1.29, 1.82) is 0 Å². The number of aromatic amines is 1. The molecule has 2 atom stereocenters. The van der Waals surface area contributed by atoms with Crippen molar-refractivity contribution in [2.75, 3.05) is 7.11 Å². The Bertz CT molecular complexity index is 988. The highest BCUT2D eigenvalue weighted by Crippen LogP contribution is 2.37. The van der Waals surface area contributed by atoms with Gasteiger partial charge in [0.2, 0.25) is 0 Å². The second-order valence-corrected chi connectivity index (χ2v) is 7.67. The summed E-state index contributed by atoms with van der Waals surface area (Å²) >= 11 is 0. The molecule has 0 saturated heterocycles. The monoisotopic (exact) mass is 380 g/mol. The van der Waals surface area contributed by atoms with E-state index in [0.29, 0.717) is 11.5 Å². The van der Waals surface area contributed by atoms with Gasteiger partial charge in [-0.15, -0.1) is 0 Å². The van der Waals surface area contributed by atoms with Crippen LogP contribution in [0.2, 0.25) is 0 Å². The van der Waals surface area contributed by atoms with E-state index in [-0.39, 0.29) is 11.9 Å². The number of aryl methyl sites for hydroxylation is 2. The van der Waals surface area contributed by atoms with Crippen molar-refractivity contribution in [1.82, 2.24) is 20.1 Å². The molecule has 0 unspecified atom stereocenters. The van der Waals surface area contributed by atoms with Crippen LogP contribution in [0.3, 0.4) is 0 Å². The average Bonchev–Trinajstić information content (AvgIpc) is 3.30. The maximum atomic E-state index is 12.8. The molecule has 1 aromatic carbocycles. The van der Waals surface area contributed by atoms with Gasteiger partial charge in [-0.05, 0) is 62.8 Å². The lowest BCUT2D eigenvalue weighted by molar-refractivity contribution is 0.0924. The second-order valence-electron chi connectivity index (χ2n) is 7.67. The normalized spacial score (nSPS) is 19.7. The van der Waals surface area contributed by atoms with Gasteiger partial charge in [-0.3, -0.25) is 9.48 Å². The third-order valence-corrected chi connectivity index (χ3v) is 5.89. The Balaban J connectivity index is 1.50. The number of ether oxygens (including phenoxy) is 1. The molecule has 0 spiro atoms. The second kappa shape index (κ2) is 7.70. The number of rotatable bonds is 5. The summed E-state index contributed by atoms with van der Waals surface area (Å²) in [5, 5.41) is 8.86. The summed E-state index contributed by atoms with van der Waals surface area (Å²) in [4.78, 5) is 16.1. The van der Waals surface area contributed by atoms with Gasteiger partial charge in [0, 0.05) is 35.9 Å². The molecule has 0 radical (unpaired) electrons. The Morgan fingerprint density at radius 1 is 1.39 bits per heavy atom. The maximum Gasteiger partial charge on any atom is 0.254 e. The van der Waals surface area contributed by atoms with E-state index in [1.54, 1.807) is 7.11 Å². The van der Waals surface area contributed by atoms with Crippen LogP contribution in [0.5, 0.6) is 5.75 Å².